The molecule has 0 aliphatic heterocycles. The lowest BCUT2D eigenvalue weighted by atomic mass is 10.1. The highest BCUT2D eigenvalue weighted by Gasteiger charge is 2.14. The summed E-state index contributed by atoms with van der Waals surface area (Å²) in [7, 11) is 0. The van der Waals surface area contributed by atoms with Crippen molar-refractivity contribution in [1.29, 1.82) is 0 Å². The fourth-order valence-electron chi connectivity index (χ4n) is 1.93. The van der Waals surface area contributed by atoms with Gasteiger partial charge in [0, 0.05) is 36.7 Å². The summed E-state index contributed by atoms with van der Waals surface area (Å²) in [6.45, 7) is 6.66. The summed E-state index contributed by atoms with van der Waals surface area (Å²) in [5.41, 5.74) is 1.36. The first-order valence-corrected chi connectivity index (χ1v) is 6.78. The van der Waals surface area contributed by atoms with Gasteiger partial charge in [0.25, 0.3) is 5.69 Å². The minimum atomic E-state index is -0.430. The molecule has 0 unspecified atom stereocenters. The summed E-state index contributed by atoms with van der Waals surface area (Å²) < 4.78 is 5.56. The number of nitrogens with zero attached hydrogens (tertiary/aromatic N) is 3. The van der Waals surface area contributed by atoms with Gasteiger partial charge in [0.05, 0.1) is 4.92 Å². The molecule has 7 nitrogen and oxygen atoms in total. The van der Waals surface area contributed by atoms with Crippen LogP contribution in [0.25, 0.3) is 11.5 Å². The Morgan fingerprint density at radius 3 is 2.76 bits per heavy atom. The van der Waals surface area contributed by atoms with Gasteiger partial charge >= 0.3 is 0 Å². The van der Waals surface area contributed by atoms with Gasteiger partial charge in [0.1, 0.15) is 0 Å². The number of non-ortho nitro benzene ring substituents is 1. The zero-order valence-electron chi connectivity index (χ0n) is 12.3. The number of nitrogens with one attached hydrogen (secondary N) is 1. The number of benzene rings is 1. The maximum atomic E-state index is 10.9. The smallest absolute Gasteiger partial charge is 0.270 e. The molecule has 0 saturated carbocycles. The first-order valence-electron chi connectivity index (χ1n) is 6.78. The number of hydrogen-bond donors (Lipinski definition) is 1. The molecular weight excluding hydrogens is 272 g/mol. The molecule has 0 bridgehead atoms. The number of aryl methyl sites for hydroxylation is 1. The predicted octanol–water partition coefficient (Wildman–Crippen LogP) is 2.49. The van der Waals surface area contributed by atoms with Crippen molar-refractivity contribution in [3.8, 4) is 11.5 Å². The van der Waals surface area contributed by atoms with E-state index in [2.05, 4.69) is 29.4 Å². The van der Waals surface area contributed by atoms with Crippen molar-refractivity contribution in [2.24, 2.45) is 0 Å². The van der Waals surface area contributed by atoms with Crippen LogP contribution in [0, 0.1) is 17.0 Å². The number of rotatable bonds is 6. The number of nitro groups is 1. The lowest BCUT2D eigenvalue weighted by molar-refractivity contribution is -0.384. The molecule has 7 heteroatoms. The van der Waals surface area contributed by atoms with Gasteiger partial charge in [-0.2, -0.15) is 0 Å². The highest BCUT2D eigenvalue weighted by Crippen LogP contribution is 2.24. The van der Waals surface area contributed by atoms with Crippen molar-refractivity contribution in [2.75, 3.05) is 6.54 Å². The van der Waals surface area contributed by atoms with Crippen LogP contribution < -0.4 is 5.32 Å². The van der Waals surface area contributed by atoms with Crippen LogP contribution in [0.5, 0.6) is 0 Å². The fraction of sp³-hybridized carbons (Fsp3) is 0.429. The Kier molecular flexibility index (Phi) is 4.64. The highest BCUT2D eigenvalue weighted by atomic mass is 16.6. The molecular formula is C14H18N4O3. The highest BCUT2D eigenvalue weighted by molar-refractivity contribution is 5.59. The van der Waals surface area contributed by atoms with E-state index >= 15 is 0 Å². The van der Waals surface area contributed by atoms with Crippen molar-refractivity contribution in [1.82, 2.24) is 15.5 Å². The standard InChI is InChI=1S/C14H18N4O3/c1-9(2)15-5-4-13-16-17-14(21-13)11-6-10(3)7-12(8-11)18(19)20/h6-9,15H,4-5H2,1-3H3. The third-order valence-corrected chi connectivity index (χ3v) is 2.88. The van der Waals surface area contributed by atoms with Gasteiger partial charge < -0.3 is 9.73 Å². The van der Waals surface area contributed by atoms with E-state index in [1.165, 1.54) is 12.1 Å². The molecule has 2 aromatic rings. The summed E-state index contributed by atoms with van der Waals surface area (Å²) in [5, 5.41) is 22.1. The Labute approximate surface area is 122 Å². The quantitative estimate of drug-likeness (QED) is 0.649. The van der Waals surface area contributed by atoms with Crippen LogP contribution in [0.3, 0.4) is 0 Å². The van der Waals surface area contributed by atoms with Gasteiger partial charge in [-0.3, -0.25) is 10.1 Å². The van der Waals surface area contributed by atoms with Crippen molar-refractivity contribution in [3.05, 3.63) is 39.8 Å². The monoisotopic (exact) mass is 290 g/mol. The molecule has 0 fully saturated rings. The molecule has 1 N–H and O–H groups in total. The van der Waals surface area contributed by atoms with Gasteiger partial charge in [-0.05, 0) is 18.6 Å². The molecule has 112 valence electrons. The second kappa shape index (κ2) is 6.45. The minimum absolute atomic E-state index is 0.0197. The summed E-state index contributed by atoms with van der Waals surface area (Å²) in [6, 6.07) is 5.13. The Balaban J connectivity index is 2.15. The number of hydrogen-bond acceptors (Lipinski definition) is 6. The van der Waals surface area contributed by atoms with Crippen LogP contribution in [-0.2, 0) is 6.42 Å². The molecule has 0 saturated heterocycles. The van der Waals surface area contributed by atoms with Crippen molar-refractivity contribution in [3.63, 3.8) is 0 Å². The molecule has 0 aliphatic rings. The van der Waals surface area contributed by atoms with Gasteiger partial charge in [-0.15, -0.1) is 10.2 Å². The summed E-state index contributed by atoms with van der Waals surface area (Å²) in [4.78, 5) is 10.4. The summed E-state index contributed by atoms with van der Waals surface area (Å²) in [5.74, 6) is 0.823. The molecule has 1 aromatic heterocycles. The maximum absolute atomic E-state index is 10.9. The molecule has 0 amide bonds. The SMILES string of the molecule is Cc1cc(-c2nnc(CCNC(C)C)o2)cc([N+](=O)[O-])c1. The molecule has 2 rings (SSSR count). The van der Waals surface area contributed by atoms with Crippen molar-refractivity contribution >= 4 is 5.69 Å². The number of aromatic nitrogens is 2. The maximum Gasteiger partial charge on any atom is 0.270 e. The Hall–Kier alpha value is -2.28. The topological polar surface area (TPSA) is 94.1 Å². The molecule has 0 radical (unpaired) electrons. The first kappa shape index (κ1) is 15.1. The predicted molar refractivity (Wildman–Crippen MR) is 78.0 cm³/mol. The van der Waals surface area contributed by atoms with E-state index in [-0.39, 0.29) is 5.69 Å². The lowest BCUT2D eigenvalue weighted by Gasteiger charge is -2.04. The Morgan fingerprint density at radius 2 is 2.10 bits per heavy atom. The average molecular weight is 290 g/mol. The second-order valence-corrected chi connectivity index (χ2v) is 5.17. The zero-order valence-corrected chi connectivity index (χ0v) is 12.3. The summed E-state index contributed by atoms with van der Waals surface area (Å²) in [6.07, 6.45) is 0.624. The first-order chi connectivity index (χ1) is 9.95. The second-order valence-electron chi connectivity index (χ2n) is 5.17. The molecule has 21 heavy (non-hydrogen) atoms. The lowest BCUT2D eigenvalue weighted by Crippen LogP contribution is -2.25. The van der Waals surface area contributed by atoms with E-state index in [0.29, 0.717) is 29.8 Å². The fourth-order valence-corrected chi connectivity index (χ4v) is 1.93. The molecule has 0 atom stereocenters. The van der Waals surface area contributed by atoms with E-state index < -0.39 is 4.92 Å². The van der Waals surface area contributed by atoms with Gasteiger partial charge in [0.2, 0.25) is 11.8 Å². The Morgan fingerprint density at radius 1 is 1.33 bits per heavy atom. The van der Waals surface area contributed by atoms with E-state index in [1.807, 2.05) is 0 Å². The third kappa shape index (κ3) is 4.09. The van der Waals surface area contributed by atoms with Crippen LogP contribution in [0.2, 0.25) is 0 Å². The van der Waals surface area contributed by atoms with E-state index in [1.54, 1.807) is 13.0 Å². The molecule has 0 aliphatic carbocycles. The Bertz CT molecular complexity index is 637. The van der Waals surface area contributed by atoms with E-state index in [4.69, 9.17) is 4.42 Å². The van der Waals surface area contributed by atoms with Crippen LogP contribution in [0.15, 0.2) is 22.6 Å². The largest absolute Gasteiger partial charge is 0.421 e. The van der Waals surface area contributed by atoms with E-state index in [0.717, 1.165) is 12.1 Å². The van der Waals surface area contributed by atoms with E-state index in [9.17, 15) is 10.1 Å². The van der Waals surface area contributed by atoms with Crippen molar-refractivity contribution in [2.45, 2.75) is 33.2 Å². The van der Waals surface area contributed by atoms with Gasteiger partial charge in [0.15, 0.2) is 0 Å². The molecule has 1 aromatic carbocycles. The van der Waals surface area contributed by atoms with Crippen LogP contribution in [-0.4, -0.2) is 27.7 Å². The van der Waals surface area contributed by atoms with Crippen LogP contribution in [0.1, 0.15) is 25.3 Å². The van der Waals surface area contributed by atoms with Crippen LogP contribution >= 0.6 is 0 Å². The van der Waals surface area contributed by atoms with Gasteiger partial charge in [-0.25, -0.2) is 0 Å². The normalized spacial score (nSPS) is 11.0. The minimum Gasteiger partial charge on any atom is -0.421 e. The van der Waals surface area contributed by atoms with Gasteiger partial charge in [-0.1, -0.05) is 13.8 Å². The zero-order chi connectivity index (χ0) is 15.4. The number of nitro benzene ring substituents is 1. The van der Waals surface area contributed by atoms with Crippen molar-refractivity contribution < 1.29 is 9.34 Å². The average Bonchev–Trinajstić information content (AvgIpc) is 2.86. The third-order valence-electron chi connectivity index (χ3n) is 2.88. The summed E-state index contributed by atoms with van der Waals surface area (Å²) >= 11 is 0. The molecule has 0 spiro atoms. The molecule has 1 heterocycles. The van der Waals surface area contributed by atoms with Crippen LogP contribution in [0.4, 0.5) is 5.69 Å².